The van der Waals surface area contributed by atoms with Gasteiger partial charge in [0, 0.05) is 24.7 Å². The average molecular weight is 659 g/mol. The summed E-state index contributed by atoms with van der Waals surface area (Å²) in [6.45, 7) is 2.76. The van der Waals surface area contributed by atoms with Gasteiger partial charge in [0.05, 0.1) is 37.1 Å². The van der Waals surface area contributed by atoms with Gasteiger partial charge in [-0.2, -0.15) is 4.31 Å². The number of carbonyl (C=O) groups excluding carboxylic acids is 2. The minimum Gasteiger partial charge on any atom is -0.497 e. The molecule has 1 fully saturated rings. The molecule has 232 valence electrons. The number of aryl methyl sites for hydroxylation is 1. The molecule has 0 aliphatic carbocycles. The number of rotatable bonds is 12. The molecule has 2 aromatic carbocycles. The van der Waals surface area contributed by atoms with Crippen molar-refractivity contribution in [1.29, 1.82) is 0 Å². The van der Waals surface area contributed by atoms with Gasteiger partial charge in [-0.3, -0.25) is 19.5 Å². The maximum atomic E-state index is 13.1. The largest absolute Gasteiger partial charge is 0.497 e. The Morgan fingerprint density at radius 1 is 1.00 bits per heavy atom. The zero-order valence-corrected chi connectivity index (χ0v) is 26.6. The Morgan fingerprint density at radius 2 is 1.75 bits per heavy atom. The summed E-state index contributed by atoms with van der Waals surface area (Å²) in [7, 11) is -0.529. The summed E-state index contributed by atoms with van der Waals surface area (Å²) >= 11 is 2.40. The molecule has 1 aliphatic rings. The Balaban J connectivity index is 1.35. The number of nitrogens with zero attached hydrogens (tertiary/aromatic N) is 6. The third-order valence-corrected chi connectivity index (χ3v) is 10.3. The zero-order chi connectivity index (χ0) is 31.3. The van der Waals surface area contributed by atoms with Crippen LogP contribution in [0.4, 0.5) is 5.13 Å². The first-order valence-electron chi connectivity index (χ1n) is 13.5. The van der Waals surface area contributed by atoms with Crippen molar-refractivity contribution >= 4 is 50.1 Å². The summed E-state index contributed by atoms with van der Waals surface area (Å²) in [5.41, 5.74) is 0.828. The van der Waals surface area contributed by atoms with Crippen molar-refractivity contribution in [3.05, 3.63) is 58.9 Å². The summed E-state index contributed by atoms with van der Waals surface area (Å²) in [6.07, 6.45) is 1.67. The van der Waals surface area contributed by atoms with Gasteiger partial charge in [-0.1, -0.05) is 23.1 Å². The van der Waals surface area contributed by atoms with Gasteiger partial charge in [0.2, 0.25) is 21.1 Å². The molecule has 17 heteroatoms. The van der Waals surface area contributed by atoms with E-state index >= 15 is 0 Å². The van der Waals surface area contributed by atoms with Crippen molar-refractivity contribution in [2.24, 2.45) is 0 Å². The second kappa shape index (κ2) is 13.7. The molecule has 4 aromatic rings. The summed E-state index contributed by atoms with van der Waals surface area (Å²) < 4.78 is 39.8. The summed E-state index contributed by atoms with van der Waals surface area (Å²) in [6, 6.07) is 11.0. The lowest BCUT2D eigenvalue weighted by molar-refractivity contribution is -0.113. The fourth-order valence-corrected chi connectivity index (χ4v) is 7.36. The van der Waals surface area contributed by atoms with Gasteiger partial charge in [-0.05, 0) is 56.2 Å². The number of thioether (sulfide) groups is 1. The highest BCUT2D eigenvalue weighted by Crippen LogP contribution is 2.32. The number of methoxy groups -OCH3 is 2. The normalized spacial score (nSPS) is 13.5. The fraction of sp³-hybridized carbons (Fsp3) is 0.333. The molecule has 0 unspecified atom stereocenters. The van der Waals surface area contributed by atoms with Crippen molar-refractivity contribution < 1.29 is 27.5 Å². The molecule has 2 amide bonds. The van der Waals surface area contributed by atoms with E-state index in [2.05, 4.69) is 31.0 Å². The van der Waals surface area contributed by atoms with E-state index in [4.69, 9.17) is 9.47 Å². The first-order chi connectivity index (χ1) is 21.2. The molecule has 0 spiro atoms. The van der Waals surface area contributed by atoms with E-state index in [9.17, 15) is 18.0 Å². The predicted molar refractivity (Wildman–Crippen MR) is 164 cm³/mol. The van der Waals surface area contributed by atoms with Crippen molar-refractivity contribution in [2.45, 2.75) is 36.4 Å². The Labute approximate surface area is 262 Å². The van der Waals surface area contributed by atoms with Crippen LogP contribution in [0, 0.1) is 6.92 Å². The van der Waals surface area contributed by atoms with Crippen LogP contribution in [-0.2, 0) is 21.4 Å². The third kappa shape index (κ3) is 7.01. The molecule has 1 saturated heterocycles. The molecule has 2 N–H and O–H groups in total. The van der Waals surface area contributed by atoms with Crippen molar-refractivity contribution in [3.63, 3.8) is 0 Å². The van der Waals surface area contributed by atoms with Crippen LogP contribution in [0.15, 0.2) is 52.5 Å². The van der Waals surface area contributed by atoms with Gasteiger partial charge in [0.1, 0.15) is 16.5 Å². The topological polar surface area (TPSA) is 171 Å². The molecule has 44 heavy (non-hydrogen) atoms. The van der Waals surface area contributed by atoms with E-state index in [1.54, 1.807) is 29.7 Å². The Morgan fingerprint density at radius 3 is 2.41 bits per heavy atom. The quantitative estimate of drug-likeness (QED) is 0.215. The van der Waals surface area contributed by atoms with Crippen LogP contribution in [-0.4, -0.2) is 82.6 Å². The number of ether oxygens (including phenoxy) is 2. The highest BCUT2D eigenvalue weighted by atomic mass is 32.2. The van der Waals surface area contributed by atoms with Crippen molar-refractivity contribution in [1.82, 2.24) is 34.6 Å². The SMILES string of the molecule is COc1ccc(OC)c(-n2c(CNC(=O)c3ccc(S(=O)(=O)N4CCCC4)cc3)nnc2SCC(=O)Nc2nnc(C)s2)c1. The number of sulfonamides is 1. The summed E-state index contributed by atoms with van der Waals surface area (Å²) in [5.74, 6) is 0.673. The van der Waals surface area contributed by atoms with Gasteiger partial charge in [0.15, 0.2) is 11.0 Å². The molecule has 1 aliphatic heterocycles. The fourth-order valence-electron chi connectivity index (χ4n) is 4.47. The minimum absolute atomic E-state index is 0.00207. The van der Waals surface area contributed by atoms with E-state index < -0.39 is 15.9 Å². The van der Waals surface area contributed by atoms with Gasteiger partial charge in [-0.25, -0.2) is 8.42 Å². The van der Waals surface area contributed by atoms with Gasteiger partial charge in [0.25, 0.3) is 5.91 Å². The maximum Gasteiger partial charge on any atom is 0.251 e. The second-order valence-electron chi connectivity index (χ2n) is 9.55. The second-order valence-corrected chi connectivity index (χ2v) is 13.6. The number of carbonyl (C=O) groups is 2. The van der Waals surface area contributed by atoms with E-state index in [0.717, 1.165) is 29.6 Å². The van der Waals surface area contributed by atoms with Gasteiger partial charge < -0.3 is 14.8 Å². The highest BCUT2D eigenvalue weighted by molar-refractivity contribution is 7.99. The van der Waals surface area contributed by atoms with E-state index in [1.807, 2.05) is 0 Å². The number of amides is 2. The molecule has 14 nitrogen and oxygen atoms in total. The van der Waals surface area contributed by atoms with Crippen LogP contribution >= 0.6 is 23.1 Å². The first kappa shape index (κ1) is 31.4. The van der Waals surface area contributed by atoms with E-state index in [-0.39, 0.29) is 28.7 Å². The standard InChI is InChI=1S/C27H30N8O6S3/c1-17-30-32-26(43-17)29-24(36)16-42-27-33-31-23(35(27)21-14-19(40-2)8-11-22(21)41-3)15-28-25(37)18-6-9-20(10-7-18)44(38,39)34-12-4-5-13-34/h6-11,14H,4-5,12-13,15-16H2,1-3H3,(H,28,37)(H,29,32,36). The minimum atomic E-state index is -3.59. The summed E-state index contributed by atoms with van der Waals surface area (Å²) in [4.78, 5) is 25.8. The molecule has 3 heterocycles. The average Bonchev–Trinajstić information content (AvgIpc) is 3.80. The van der Waals surface area contributed by atoms with Crippen LogP contribution in [0.2, 0.25) is 0 Å². The third-order valence-electron chi connectivity index (χ3n) is 6.66. The lowest BCUT2D eigenvalue weighted by Crippen LogP contribution is -2.28. The lowest BCUT2D eigenvalue weighted by atomic mass is 10.2. The number of anilines is 1. The lowest BCUT2D eigenvalue weighted by Gasteiger charge is -2.16. The maximum absolute atomic E-state index is 13.1. The number of hydrogen-bond donors (Lipinski definition) is 2. The Kier molecular flexibility index (Phi) is 9.77. The molecular formula is C27H30N8O6S3. The Bertz CT molecular complexity index is 1750. The molecule has 2 aromatic heterocycles. The van der Waals surface area contributed by atoms with Crippen LogP contribution in [0.5, 0.6) is 11.5 Å². The van der Waals surface area contributed by atoms with E-state index in [0.29, 0.717) is 46.4 Å². The number of nitrogens with one attached hydrogen (secondary N) is 2. The van der Waals surface area contributed by atoms with Crippen LogP contribution in [0.1, 0.15) is 34.0 Å². The van der Waals surface area contributed by atoms with Crippen LogP contribution in [0.3, 0.4) is 0 Å². The molecular weight excluding hydrogens is 629 g/mol. The molecule has 0 radical (unpaired) electrons. The first-order valence-corrected chi connectivity index (χ1v) is 16.7. The highest BCUT2D eigenvalue weighted by Gasteiger charge is 2.27. The zero-order valence-electron chi connectivity index (χ0n) is 24.1. The van der Waals surface area contributed by atoms with Crippen molar-refractivity contribution in [2.75, 3.05) is 38.4 Å². The van der Waals surface area contributed by atoms with Gasteiger partial charge >= 0.3 is 0 Å². The number of benzene rings is 2. The smallest absolute Gasteiger partial charge is 0.251 e. The van der Waals surface area contributed by atoms with Crippen LogP contribution < -0.4 is 20.1 Å². The molecule has 0 atom stereocenters. The van der Waals surface area contributed by atoms with Crippen LogP contribution in [0.25, 0.3) is 5.69 Å². The molecule has 0 bridgehead atoms. The van der Waals surface area contributed by atoms with Crippen molar-refractivity contribution in [3.8, 4) is 17.2 Å². The summed E-state index contributed by atoms with van der Waals surface area (Å²) in [5, 5.41) is 23.4. The molecule has 5 rings (SSSR count). The van der Waals surface area contributed by atoms with E-state index in [1.165, 1.54) is 54.1 Å². The monoisotopic (exact) mass is 658 g/mol. The van der Waals surface area contributed by atoms with Gasteiger partial charge in [-0.15, -0.1) is 20.4 Å². The number of hydrogen-bond acceptors (Lipinski definition) is 12. The Hall–Kier alpha value is -4.06. The molecule has 0 saturated carbocycles. The number of aromatic nitrogens is 5. The predicted octanol–water partition coefficient (Wildman–Crippen LogP) is 2.89.